The van der Waals surface area contributed by atoms with Gasteiger partial charge in [-0.3, -0.25) is 14.2 Å². The van der Waals surface area contributed by atoms with E-state index in [4.69, 9.17) is 4.74 Å². The predicted molar refractivity (Wildman–Crippen MR) is 116 cm³/mol. The molecule has 7 nitrogen and oxygen atoms in total. The summed E-state index contributed by atoms with van der Waals surface area (Å²) in [6, 6.07) is 3.70. The molecule has 1 aromatic carbocycles. The van der Waals surface area contributed by atoms with Gasteiger partial charge in [-0.05, 0) is 57.2 Å². The molecule has 4 rings (SSSR count). The van der Waals surface area contributed by atoms with Crippen molar-refractivity contribution >= 4 is 39.1 Å². The Hall–Kier alpha value is -3.07. The van der Waals surface area contributed by atoms with E-state index in [1.807, 2.05) is 0 Å². The van der Waals surface area contributed by atoms with E-state index in [1.54, 1.807) is 13.8 Å². The van der Waals surface area contributed by atoms with E-state index < -0.39 is 23.3 Å². The van der Waals surface area contributed by atoms with E-state index in [2.05, 4.69) is 10.3 Å². The number of amides is 1. The maximum absolute atomic E-state index is 13.4. The van der Waals surface area contributed by atoms with Crippen LogP contribution in [-0.2, 0) is 28.9 Å². The van der Waals surface area contributed by atoms with Gasteiger partial charge in [0, 0.05) is 10.9 Å². The van der Waals surface area contributed by atoms with Crippen LogP contribution in [0.1, 0.15) is 47.5 Å². The molecule has 2 aromatic heterocycles. The average molecular weight is 444 g/mol. The number of anilines is 1. The highest BCUT2D eigenvalue weighted by atomic mass is 32.1. The van der Waals surface area contributed by atoms with Crippen LogP contribution in [0.4, 0.5) is 9.39 Å². The fourth-order valence-corrected chi connectivity index (χ4v) is 5.00. The number of halogens is 1. The Bertz CT molecular complexity index is 1230. The Morgan fingerprint density at radius 2 is 2.06 bits per heavy atom. The molecule has 162 valence electrons. The van der Waals surface area contributed by atoms with Gasteiger partial charge in [0.2, 0.25) is 5.91 Å². The first kappa shape index (κ1) is 21.2. The first-order valence-electron chi connectivity index (χ1n) is 10.1. The van der Waals surface area contributed by atoms with Crippen molar-refractivity contribution in [2.45, 2.75) is 52.2 Å². The number of fused-ring (bicyclic) bond motifs is 2. The number of carbonyl (C=O) groups is 2. The summed E-state index contributed by atoms with van der Waals surface area (Å²) in [6.07, 6.45) is 4.60. The van der Waals surface area contributed by atoms with Gasteiger partial charge < -0.3 is 10.1 Å². The van der Waals surface area contributed by atoms with Crippen LogP contribution < -0.4 is 10.9 Å². The van der Waals surface area contributed by atoms with Crippen molar-refractivity contribution in [2.24, 2.45) is 0 Å². The lowest BCUT2D eigenvalue weighted by molar-refractivity contribution is -0.116. The molecule has 0 saturated heterocycles. The van der Waals surface area contributed by atoms with Crippen molar-refractivity contribution in [3.63, 3.8) is 0 Å². The molecule has 0 bridgehead atoms. The smallest absolute Gasteiger partial charge is 0.341 e. The first-order valence-corrected chi connectivity index (χ1v) is 10.9. The summed E-state index contributed by atoms with van der Waals surface area (Å²) in [5.74, 6) is -1.39. The topological polar surface area (TPSA) is 90.3 Å². The molecular formula is C22H22FN3O4S. The largest absolute Gasteiger partial charge is 0.459 e. The fraction of sp³-hybridized carbons (Fsp3) is 0.364. The van der Waals surface area contributed by atoms with Crippen molar-refractivity contribution in [1.82, 2.24) is 9.55 Å². The number of thiophene rings is 1. The second kappa shape index (κ2) is 8.58. The Morgan fingerprint density at radius 1 is 1.29 bits per heavy atom. The minimum Gasteiger partial charge on any atom is -0.459 e. The molecule has 1 aliphatic carbocycles. The molecule has 1 N–H and O–H groups in total. The summed E-state index contributed by atoms with van der Waals surface area (Å²) >= 11 is 1.39. The van der Waals surface area contributed by atoms with Crippen molar-refractivity contribution in [1.29, 1.82) is 0 Å². The molecule has 0 radical (unpaired) electrons. The number of hydrogen-bond donors (Lipinski definition) is 1. The Labute approximate surface area is 181 Å². The van der Waals surface area contributed by atoms with Crippen LogP contribution in [0.2, 0.25) is 0 Å². The summed E-state index contributed by atoms with van der Waals surface area (Å²) in [5, 5.41) is 3.46. The van der Waals surface area contributed by atoms with Gasteiger partial charge in [0.25, 0.3) is 5.56 Å². The molecule has 0 spiro atoms. The van der Waals surface area contributed by atoms with E-state index in [0.29, 0.717) is 10.6 Å². The molecule has 0 aliphatic heterocycles. The second-order valence-electron chi connectivity index (χ2n) is 7.76. The SMILES string of the molecule is CC(C)OC(=O)c1c(NC(=O)Cn2cnc3cc(F)ccc3c2=O)sc2c1CCCC2. The molecule has 9 heteroatoms. The monoisotopic (exact) mass is 443 g/mol. The van der Waals surface area contributed by atoms with E-state index in [0.717, 1.165) is 40.7 Å². The highest BCUT2D eigenvalue weighted by Crippen LogP contribution is 2.38. The zero-order valence-corrected chi connectivity index (χ0v) is 18.1. The Balaban J connectivity index is 1.60. The van der Waals surface area contributed by atoms with Crippen molar-refractivity contribution in [3.05, 3.63) is 56.7 Å². The summed E-state index contributed by atoms with van der Waals surface area (Å²) in [7, 11) is 0. The second-order valence-corrected chi connectivity index (χ2v) is 8.86. The normalized spacial score (nSPS) is 13.3. The molecular weight excluding hydrogens is 421 g/mol. The van der Waals surface area contributed by atoms with Crippen molar-refractivity contribution in [2.75, 3.05) is 5.32 Å². The molecule has 2 heterocycles. The van der Waals surface area contributed by atoms with Crippen LogP contribution in [0.15, 0.2) is 29.3 Å². The van der Waals surface area contributed by atoms with Crippen LogP contribution in [0.25, 0.3) is 10.9 Å². The minimum absolute atomic E-state index is 0.226. The Morgan fingerprint density at radius 3 is 2.84 bits per heavy atom. The number of nitrogens with one attached hydrogen (secondary N) is 1. The van der Waals surface area contributed by atoms with Crippen LogP contribution in [0.3, 0.4) is 0 Å². The molecule has 0 fully saturated rings. The van der Waals surface area contributed by atoms with Gasteiger partial charge in [-0.1, -0.05) is 0 Å². The fourth-order valence-electron chi connectivity index (χ4n) is 3.71. The number of aromatic nitrogens is 2. The quantitative estimate of drug-likeness (QED) is 0.608. The lowest BCUT2D eigenvalue weighted by Crippen LogP contribution is -2.28. The number of nitrogens with zero attached hydrogens (tertiary/aromatic N) is 2. The van der Waals surface area contributed by atoms with Gasteiger partial charge in [-0.15, -0.1) is 11.3 Å². The maximum atomic E-state index is 13.4. The lowest BCUT2D eigenvalue weighted by Gasteiger charge is -2.14. The van der Waals surface area contributed by atoms with Crippen LogP contribution >= 0.6 is 11.3 Å². The molecule has 1 amide bonds. The number of esters is 1. The van der Waals surface area contributed by atoms with Crippen molar-refractivity contribution < 1.29 is 18.7 Å². The van der Waals surface area contributed by atoms with Crippen LogP contribution in [0, 0.1) is 5.82 Å². The summed E-state index contributed by atoms with van der Waals surface area (Å²) in [4.78, 5) is 43.2. The molecule has 0 saturated carbocycles. The summed E-state index contributed by atoms with van der Waals surface area (Å²) in [6.45, 7) is 3.28. The van der Waals surface area contributed by atoms with E-state index in [-0.39, 0.29) is 23.6 Å². The van der Waals surface area contributed by atoms with Gasteiger partial charge in [0.15, 0.2) is 0 Å². The van der Waals surface area contributed by atoms with Gasteiger partial charge in [-0.2, -0.15) is 0 Å². The third kappa shape index (κ3) is 4.36. The number of hydrogen-bond acceptors (Lipinski definition) is 6. The van der Waals surface area contributed by atoms with E-state index in [9.17, 15) is 18.8 Å². The first-order chi connectivity index (χ1) is 14.8. The van der Waals surface area contributed by atoms with Crippen LogP contribution in [0.5, 0.6) is 0 Å². The minimum atomic E-state index is -0.489. The Kier molecular flexibility index (Phi) is 5.86. The molecule has 0 unspecified atom stereocenters. The van der Waals surface area contributed by atoms with Crippen LogP contribution in [-0.4, -0.2) is 27.5 Å². The standard InChI is InChI=1S/C22H22FN3O4S/c1-12(2)30-22(29)19-15-5-3-4-6-17(15)31-20(19)25-18(27)10-26-11-24-16-9-13(23)7-8-14(16)21(26)28/h7-9,11-12H,3-6,10H2,1-2H3,(H,25,27). The predicted octanol–water partition coefficient (Wildman–Crippen LogP) is 3.68. The maximum Gasteiger partial charge on any atom is 0.341 e. The summed E-state index contributed by atoms with van der Waals surface area (Å²) < 4.78 is 19.9. The van der Waals surface area contributed by atoms with Gasteiger partial charge in [0.1, 0.15) is 17.4 Å². The third-order valence-corrected chi connectivity index (χ3v) is 6.28. The molecule has 0 atom stereocenters. The molecule has 1 aliphatic rings. The highest BCUT2D eigenvalue weighted by molar-refractivity contribution is 7.17. The number of aryl methyl sites for hydroxylation is 1. The zero-order chi connectivity index (χ0) is 22.1. The van der Waals surface area contributed by atoms with Gasteiger partial charge >= 0.3 is 5.97 Å². The number of benzene rings is 1. The van der Waals surface area contributed by atoms with E-state index >= 15 is 0 Å². The third-order valence-electron chi connectivity index (χ3n) is 5.07. The summed E-state index contributed by atoms with van der Waals surface area (Å²) in [5.41, 5.74) is 1.15. The average Bonchev–Trinajstić information content (AvgIpc) is 3.07. The highest BCUT2D eigenvalue weighted by Gasteiger charge is 2.28. The number of ether oxygens (including phenoxy) is 1. The van der Waals surface area contributed by atoms with E-state index in [1.165, 1.54) is 35.9 Å². The molecule has 3 aromatic rings. The van der Waals surface area contributed by atoms with Gasteiger partial charge in [0.05, 0.1) is 28.9 Å². The van der Waals surface area contributed by atoms with Crippen molar-refractivity contribution in [3.8, 4) is 0 Å². The number of carbonyl (C=O) groups excluding carboxylic acids is 2. The van der Waals surface area contributed by atoms with Gasteiger partial charge in [-0.25, -0.2) is 14.2 Å². The molecule has 31 heavy (non-hydrogen) atoms. The lowest BCUT2D eigenvalue weighted by atomic mass is 9.95. The number of rotatable bonds is 5. The zero-order valence-electron chi connectivity index (χ0n) is 17.2.